The molecule has 8 nitrogen and oxygen atoms in total. The molecule has 0 bridgehead atoms. The number of hydrogen-bond donors (Lipinski definition) is 3. The molecule has 0 saturated carbocycles. The van der Waals surface area contributed by atoms with E-state index in [1.807, 2.05) is 0 Å². The number of ether oxygens (including phenoxy) is 1. The Bertz CT molecular complexity index is 897. The van der Waals surface area contributed by atoms with Gasteiger partial charge in [-0.25, -0.2) is 4.79 Å². The Hall–Kier alpha value is -2.14. The van der Waals surface area contributed by atoms with Gasteiger partial charge in [0.05, 0.1) is 13.2 Å². The molecule has 1 fully saturated rings. The number of aryl methyl sites for hydroxylation is 2. The fraction of sp³-hybridized carbons (Fsp3) is 0.450. The summed E-state index contributed by atoms with van der Waals surface area (Å²) in [6.07, 6.45) is 0. The smallest absolute Gasteiger partial charge is 0.319 e. The Kier molecular flexibility index (Phi) is 8.08. The monoisotopic (exact) mass is 449 g/mol. The van der Waals surface area contributed by atoms with Crippen molar-refractivity contribution in [3.05, 3.63) is 40.5 Å². The van der Waals surface area contributed by atoms with Crippen LogP contribution >= 0.6 is 23.3 Å². The molecule has 0 radical (unpaired) electrons. The molecule has 1 aromatic carbocycles. The number of morpholine rings is 1. The van der Waals surface area contributed by atoms with Gasteiger partial charge in [-0.1, -0.05) is 30.0 Å². The average molecular weight is 450 g/mol. The predicted octanol–water partition coefficient (Wildman–Crippen LogP) is 2.60. The number of rotatable bonds is 8. The van der Waals surface area contributed by atoms with Crippen molar-refractivity contribution in [2.75, 3.05) is 44.7 Å². The van der Waals surface area contributed by atoms with Crippen LogP contribution in [-0.4, -0.2) is 60.6 Å². The summed E-state index contributed by atoms with van der Waals surface area (Å²) in [4.78, 5) is 26.5. The van der Waals surface area contributed by atoms with Gasteiger partial charge in [-0.2, -0.15) is 4.37 Å². The zero-order valence-electron chi connectivity index (χ0n) is 17.2. The van der Waals surface area contributed by atoms with Gasteiger partial charge in [-0.15, -0.1) is 0 Å². The molecule has 1 saturated heterocycles. The molecule has 30 heavy (non-hydrogen) atoms. The fourth-order valence-corrected chi connectivity index (χ4v) is 4.93. The molecule has 3 amide bonds. The quantitative estimate of drug-likeness (QED) is 0.535. The van der Waals surface area contributed by atoms with Gasteiger partial charge in [-0.3, -0.25) is 15.0 Å². The highest BCUT2D eigenvalue weighted by molar-refractivity contribution is 7.98. The highest BCUT2D eigenvalue weighted by Crippen LogP contribution is 2.33. The summed E-state index contributed by atoms with van der Waals surface area (Å²) in [5.74, 6) is 0.0611. The van der Waals surface area contributed by atoms with E-state index < -0.39 is 5.91 Å². The van der Waals surface area contributed by atoms with Crippen molar-refractivity contribution in [1.82, 2.24) is 14.6 Å². The topological polar surface area (TPSA) is 110 Å². The molecule has 4 N–H and O–H groups in total. The Morgan fingerprint density at radius 3 is 2.73 bits per heavy atom. The number of carbonyl (C=O) groups excluding carboxylic acids is 2. The number of primary amides is 1. The summed E-state index contributed by atoms with van der Waals surface area (Å²) in [7, 11) is 0. The largest absolute Gasteiger partial charge is 0.379 e. The first kappa shape index (κ1) is 22.5. The lowest BCUT2D eigenvalue weighted by Gasteiger charge is -2.26. The van der Waals surface area contributed by atoms with E-state index >= 15 is 0 Å². The van der Waals surface area contributed by atoms with Crippen LogP contribution in [0.3, 0.4) is 0 Å². The Morgan fingerprint density at radius 2 is 2.03 bits per heavy atom. The third-order valence-corrected chi connectivity index (χ3v) is 6.82. The van der Waals surface area contributed by atoms with Gasteiger partial charge in [0.15, 0.2) is 0 Å². The first-order valence-corrected chi connectivity index (χ1v) is 11.5. The molecular formula is C20H27N5O3S2. The predicted molar refractivity (Wildman–Crippen MR) is 120 cm³/mol. The summed E-state index contributed by atoms with van der Waals surface area (Å²) < 4.78 is 9.65. The summed E-state index contributed by atoms with van der Waals surface area (Å²) in [5.41, 5.74) is 9.43. The van der Waals surface area contributed by atoms with Crippen LogP contribution in [0.2, 0.25) is 0 Å². The van der Waals surface area contributed by atoms with Crippen LogP contribution in [0, 0.1) is 13.8 Å². The molecule has 1 aliphatic heterocycles. The van der Waals surface area contributed by atoms with Gasteiger partial charge in [0.2, 0.25) is 0 Å². The van der Waals surface area contributed by atoms with Crippen LogP contribution in [0.25, 0.3) is 0 Å². The molecule has 0 unspecified atom stereocenters. The number of amides is 3. The van der Waals surface area contributed by atoms with E-state index in [4.69, 9.17) is 10.5 Å². The number of hydrogen-bond acceptors (Lipinski definition) is 7. The van der Waals surface area contributed by atoms with Crippen LogP contribution in [0.4, 0.5) is 9.80 Å². The number of nitrogens with two attached hydrogens (primary N) is 1. The van der Waals surface area contributed by atoms with Gasteiger partial charge in [0.25, 0.3) is 5.91 Å². The second kappa shape index (κ2) is 10.8. The first-order valence-electron chi connectivity index (χ1n) is 9.77. The van der Waals surface area contributed by atoms with Gasteiger partial charge < -0.3 is 15.8 Å². The maximum atomic E-state index is 12.2. The molecule has 1 aromatic heterocycles. The molecule has 0 atom stereocenters. The highest BCUT2D eigenvalue weighted by Gasteiger charge is 2.21. The minimum atomic E-state index is -0.602. The molecule has 2 heterocycles. The van der Waals surface area contributed by atoms with Crippen LogP contribution in [-0.2, 0) is 10.5 Å². The Labute approximate surface area is 184 Å². The highest BCUT2D eigenvalue weighted by atomic mass is 32.2. The van der Waals surface area contributed by atoms with E-state index in [1.54, 1.807) is 0 Å². The van der Waals surface area contributed by atoms with E-state index in [0.717, 1.165) is 49.9 Å². The summed E-state index contributed by atoms with van der Waals surface area (Å²) in [6.45, 7) is 8.57. The number of aromatic nitrogens is 1. The van der Waals surface area contributed by atoms with E-state index in [0.29, 0.717) is 22.3 Å². The second-order valence-corrected chi connectivity index (χ2v) is 8.84. The van der Waals surface area contributed by atoms with E-state index in [-0.39, 0.29) is 11.6 Å². The molecule has 0 aliphatic carbocycles. The lowest BCUT2D eigenvalue weighted by molar-refractivity contribution is 0.0388. The number of nitrogens with zero attached hydrogens (tertiary/aromatic N) is 2. The maximum absolute atomic E-state index is 12.2. The minimum absolute atomic E-state index is 0.261. The standard InChI is InChI=1S/C20H27N5O3S2/c1-13-3-4-15(11-14(13)2)12-29-19-16(17(21)26)18(30-24-19)23-20(27)22-5-6-25-7-9-28-10-8-25/h3-4,11H,5-10,12H2,1-2H3,(H2,21,26)(H2,22,23,27). The number of carbonyl (C=O) groups is 2. The van der Waals surface area contributed by atoms with Gasteiger partial charge >= 0.3 is 6.03 Å². The van der Waals surface area contributed by atoms with Crippen molar-refractivity contribution in [2.45, 2.75) is 24.6 Å². The molecule has 0 spiro atoms. The normalized spacial score (nSPS) is 14.5. The third kappa shape index (κ3) is 6.18. The number of nitrogens with one attached hydrogen (secondary N) is 2. The second-order valence-electron chi connectivity index (χ2n) is 7.10. The van der Waals surface area contributed by atoms with Crippen LogP contribution in [0.5, 0.6) is 0 Å². The Morgan fingerprint density at radius 1 is 1.27 bits per heavy atom. The minimum Gasteiger partial charge on any atom is -0.379 e. The van der Waals surface area contributed by atoms with Crippen molar-refractivity contribution in [3.63, 3.8) is 0 Å². The zero-order valence-corrected chi connectivity index (χ0v) is 18.8. The SMILES string of the molecule is Cc1ccc(CSc2nsc(NC(=O)NCCN3CCOCC3)c2C(N)=O)cc1C. The van der Waals surface area contributed by atoms with Crippen LogP contribution in [0.15, 0.2) is 23.2 Å². The molecule has 162 valence electrons. The lowest BCUT2D eigenvalue weighted by atomic mass is 10.1. The van der Waals surface area contributed by atoms with Gasteiger partial charge in [0, 0.05) is 31.9 Å². The first-order chi connectivity index (χ1) is 14.4. The van der Waals surface area contributed by atoms with Crippen molar-refractivity contribution in [3.8, 4) is 0 Å². The molecular weight excluding hydrogens is 422 g/mol. The van der Waals surface area contributed by atoms with Crippen molar-refractivity contribution < 1.29 is 14.3 Å². The van der Waals surface area contributed by atoms with Crippen molar-refractivity contribution in [2.24, 2.45) is 5.73 Å². The van der Waals surface area contributed by atoms with E-state index in [9.17, 15) is 9.59 Å². The average Bonchev–Trinajstić information content (AvgIpc) is 3.12. The number of urea groups is 1. The molecule has 3 rings (SSSR count). The summed E-state index contributed by atoms with van der Waals surface area (Å²) in [6, 6.07) is 5.89. The number of benzene rings is 1. The maximum Gasteiger partial charge on any atom is 0.319 e. The van der Waals surface area contributed by atoms with E-state index in [2.05, 4.69) is 52.0 Å². The molecule has 2 aromatic rings. The lowest BCUT2D eigenvalue weighted by Crippen LogP contribution is -2.42. The molecule has 1 aliphatic rings. The Balaban J connectivity index is 1.55. The van der Waals surface area contributed by atoms with E-state index in [1.165, 1.54) is 22.9 Å². The van der Waals surface area contributed by atoms with Crippen LogP contribution in [0.1, 0.15) is 27.0 Å². The summed E-state index contributed by atoms with van der Waals surface area (Å²) in [5, 5.41) is 6.43. The van der Waals surface area contributed by atoms with Crippen LogP contribution < -0.4 is 16.4 Å². The fourth-order valence-electron chi connectivity index (χ4n) is 3.02. The summed E-state index contributed by atoms with van der Waals surface area (Å²) >= 11 is 2.50. The van der Waals surface area contributed by atoms with Crippen molar-refractivity contribution >= 4 is 40.2 Å². The number of thioether (sulfide) groups is 1. The zero-order chi connectivity index (χ0) is 21.5. The van der Waals surface area contributed by atoms with Gasteiger partial charge in [0.1, 0.15) is 15.6 Å². The number of anilines is 1. The molecule has 10 heteroatoms. The van der Waals surface area contributed by atoms with Crippen molar-refractivity contribution in [1.29, 1.82) is 0 Å². The van der Waals surface area contributed by atoms with Gasteiger partial charge in [-0.05, 0) is 42.1 Å². The third-order valence-electron chi connectivity index (χ3n) is 4.90.